The Morgan fingerprint density at radius 2 is 1.73 bits per heavy atom. The number of sulfonamides is 1. The first-order chi connectivity index (χ1) is 10.1. The standard InChI is InChI=1S/C14H20ClN3O2S.ClH/c15-12-1-3-14(4-2-12)21(19,20)18-9-7-17(8-10-18)13-5-6-16-11-13;/h1-4,13,16H,5-11H2;1H. The molecule has 0 aromatic heterocycles. The van der Waals surface area contributed by atoms with Crippen LogP contribution in [-0.2, 0) is 10.0 Å². The molecule has 124 valence electrons. The highest BCUT2D eigenvalue weighted by molar-refractivity contribution is 7.89. The summed E-state index contributed by atoms with van der Waals surface area (Å²) in [7, 11) is -3.39. The van der Waals surface area contributed by atoms with Gasteiger partial charge in [0.1, 0.15) is 0 Å². The molecule has 2 fully saturated rings. The zero-order valence-corrected chi connectivity index (χ0v) is 14.6. The molecule has 1 atom stereocenters. The molecule has 0 bridgehead atoms. The Kier molecular flexibility index (Phi) is 6.10. The predicted molar refractivity (Wildman–Crippen MR) is 90.3 cm³/mol. The van der Waals surface area contributed by atoms with E-state index in [1.54, 1.807) is 28.6 Å². The monoisotopic (exact) mass is 365 g/mol. The van der Waals surface area contributed by atoms with Crippen LogP contribution in [0.4, 0.5) is 0 Å². The summed E-state index contributed by atoms with van der Waals surface area (Å²) in [5.74, 6) is 0. The summed E-state index contributed by atoms with van der Waals surface area (Å²) in [6.07, 6.45) is 1.16. The minimum atomic E-state index is -3.39. The van der Waals surface area contributed by atoms with Gasteiger partial charge in [0.2, 0.25) is 10.0 Å². The van der Waals surface area contributed by atoms with Gasteiger partial charge in [-0.3, -0.25) is 4.90 Å². The first-order valence-corrected chi connectivity index (χ1v) is 9.10. The second-order valence-electron chi connectivity index (χ2n) is 5.54. The van der Waals surface area contributed by atoms with Crippen LogP contribution < -0.4 is 5.32 Å². The highest BCUT2D eigenvalue weighted by Crippen LogP contribution is 2.21. The van der Waals surface area contributed by atoms with Gasteiger partial charge in [-0.1, -0.05) is 11.6 Å². The normalized spacial score (nSPS) is 24.1. The molecule has 1 aromatic carbocycles. The van der Waals surface area contributed by atoms with Crippen molar-refractivity contribution in [3.8, 4) is 0 Å². The lowest BCUT2D eigenvalue weighted by atomic mass is 10.2. The molecule has 0 spiro atoms. The molecule has 0 saturated carbocycles. The summed E-state index contributed by atoms with van der Waals surface area (Å²) >= 11 is 5.82. The van der Waals surface area contributed by atoms with E-state index >= 15 is 0 Å². The molecule has 0 aliphatic carbocycles. The van der Waals surface area contributed by atoms with Crippen LogP contribution in [0.5, 0.6) is 0 Å². The Morgan fingerprint density at radius 1 is 1.09 bits per heavy atom. The second-order valence-corrected chi connectivity index (χ2v) is 7.91. The smallest absolute Gasteiger partial charge is 0.243 e. The van der Waals surface area contributed by atoms with Gasteiger partial charge in [0, 0.05) is 43.8 Å². The molecule has 22 heavy (non-hydrogen) atoms. The van der Waals surface area contributed by atoms with Crippen molar-refractivity contribution in [3.63, 3.8) is 0 Å². The molecule has 2 aliphatic rings. The van der Waals surface area contributed by atoms with E-state index in [9.17, 15) is 8.42 Å². The Bertz CT molecular complexity index is 581. The predicted octanol–water partition coefficient (Wildman–Crippen LogP) is 1.43. The van der Waals surface area contributed by atoms with E-state index in [2.05, 4.69) is 10.2 Å². The average Bonchev–Trinajstić information content (AvgIpc) is 3.02. The lowest BCUT2D eigenvalue weighted by molar-refractivity contribution is 0.145. The van der Waals surface area contributed by atoms with Gasteiger partial charge in [0.15, 0.2) is 0 Å². The third kappa shape index (κ3) is 3.75. The molecule has 1 N–H and O–H groups in total. The van der Waals surface area contributed by atoms with Crippen molar-refractivity contribution >= 4 is 34.0 Å². The molecule has 2 heterocycles. The van der Waals surface area contributed by atoms with Gasteiger partial charge in [-0.15, -0.1) is 12.4 Å². The fraction of sp³-hybridized carbons (Fsp3) is 0.571. The number of rotatable bonds is 3. The molecule has 2 saturated heterocycles. The number of nitrogens with one attached hydrogen (secondary N) is 1. The third-order valence-corrected chi connectivity index (χ3v) is 6.44. The van der Waals surface area contributed by atoms with E-state index in [-0.39, 0.29) is 12.4 Å². The Hall–Kier alpha value is -0.370. The Labute approximate surface area is 143 Å². The van der Waals surface area contributed by atoms with E-state index in [0.29, 0.717) is 29.0 Å². The average molecular weight is 366 g/mol. The zero-order valence-electron chi connectivity index (χ0n) is 12.2. The van der Waals surface area contributed by atoms with Crippen molar-refractivity contribution < 1.29 is 8.42 Å². The van der Waals surface area contributed by atoms with Gasteiger partial charge in [0.25, 0.3) is 0 Å². The second kappa shape index (κ2) is 7.47. The number of halogens is 2. The SMILES string of the molecule is Cl.O=S(=O)(c1ccc(Cl)cc1)N1CCN(C2CCNC2)CC1. The van der Waals surface area contributed by atoms with Gasteiger partial charge < -0.3 is 5.32 Å². The quantitative estimate of drug-likeness (QED) is 0.880. The van der Waals surface area contributed by atoms with Crippen LogP contribution in [0.15, 0.2) is 29.2 Å². The molecule has 3 rings (SSSR count). The fourth-order valence-corrected chi connectivity index (χ4v) is 4.56. The number of benzene rings is 1. The van der Waals surface area contributed by atoms with E-state index in [0.717, 1.165) is 32.6 Å². The minimum absolute atomic E-state index is 0. The van der Waals surface area contributed by atoms with Crippen molar-refractivity contribution in [3.05, 3.63) is 29.3 Å². The summed E-state index contributed by atoms with van der Waals surface area (Å²) in [5.41, 5.74) is 0. The van der Waals surface area contributed by atoms with Crippen LogP contribution in [0.25, 0.3) is 0 Å². The maximum absolute atomic E-state index is 12.6. The van der Waals surface area contributed by atoms with Crippen LogP contribution in [-0.4, -0.2) is 62.9 Å². The van der Waals surface area contributed by atoms with Crippen molar-refractivity contribution in [1.82, 2.24) is 14.5 Å². The molecule has 5 nitrogen and oxygen atoms in total. The first kappa shape index (κ1) is 18.0. The van der Waals surface area contributed by atoms with Crippen molar-refractivity contribution in [2.24, 2.45) is 0 Å². The van der Waals surface area contributed by atoms with Crippen LogP contribution in [0, 0.1) is 0 Å². The van der Waals surface area contributed by atoms with Crippen LogP contribution in [0.1, 0.15) is 6.42 Å². The summed E-state index contributed by atoms with van der Waals surface area (Å²) in [4.78, 5) is 2.72. The Morgan fingerprint density at radius 3 is 2.27 bits per heavy atom. The largest absolute Gasteiger partial charge is 0.315 e. The molecular formula is C14H21Cl2N3O2S. The van der Waals surface area contributed by atoms with Crippen molar-refractivity contribution in [2.45, 2.75) is 17.4 Å². The van der Waals surface area contributed by atoms with Gasteiger partial charge in [-0.05, 0) is 37.2 Å². The van der Waals surface area contributed by atoms with Crippen LogP contribution in [0.3, 0.4) is 0 Å². The number of hydrogen-bond donors (Lipinski definition) is 1. The highest BCUT2D eigenvalue weighted by Gasteiger charge is 2.31. The molecule has 1 unspecified atom stereocenters. The van der Waals surface area contributed by atoms with Crippen molar-refractivity contribution in [2.75, 3.05) is 39.3 Å². The molecule has 0 amide bonds. The number of hydrogen-bond acceptors (Lipinski definition) is 4. The van der Waals surface area contributed by atoms with E-state index in [1.807, 2.05) is 0 Å². The maximum Gasteiger partial charge on any atom is 0.243 e. The number of nitrogens with zero attached hydrogens (tertiary/aromatic N) is 2. The highest BCUT2D eigenvalue weighted by atomic mass is 35.5. The van der Waals surface area contributed by atoms with E-state index in [1.165, 1.54) is 0 Å². The van der Waals surface area contributed by atoms with Gasteiger partial charge >= 0.3 is 0 Å². The molecule has 1 aromatic rings. The Balaban J connectivity index is 0.00000176. The third-order valence-electron chi connectivity index (χ3n) is 4.28. The summed E-state index contributed by atoms with van der Waals surface area (Å²) in [5, 5.41) is 3.90. The van der Waals surface area contributed by atoms with Crippen LogP contribution >= 0.6 is 24.0 Å². The van der Waals surface area contributed by atoms with Crippen LogP contribution in [0.2, 0.25) is 5.02 Å². The van der Waals surface area contributed by atoms with Crippen molar-refractivity contribution in [1.29, 1.82) is 0 Å². The van der Waals surface area contributed by atoms with E-state index in [4.69, 9.17) is 11.6 Å². The van der Waals surface area contributed by atoms with Gasteiger partial charge in [0.05, 0.1) is 4.90 Å². The first-order valence-electron chi connectivity index (χ1n) is 7.28. The molecule has 0 radical (unpaired) electrons. The van der Waals surface area contributed by atoms with Gasteiger partial charge in [-0.2, -0.15) is 4.31 Å². The topological polar surface area (TPSA) is 52.7 Å². The molecule has 2 aliphatic heterocycles. The summed E-state index contributed by atoms with van der Waals surface area (Å²) in [6.45, 7) is 4.80. The minimum Gasteiger partial charge on any atom is -0.315 e. The zero-order chi connectivity index (χ0) is 14.9. The molecular weight excluding hydrogens is 345 g/mol. The van der Waals surface area contributed by atoms with E-state index < -0.39 is 10.0 Å². The lowest BCUT2D eigenvalue weighted by Crippen LogP contribution is -2.52. The van der Waals surface area contributed by atoms with Gasteiger partial charge in [-0.25, -0.2) is 8.42 Å². The maximum atomic E-state index is 12.6. The summed E-state index contributed by atoms with van der Waals surface area (Å²) in [6, 6.07) is 6.95. The molecule has 8 heteroatoms. The number of piperazine rings is 1. The summed E-state index contributed by atoms with van der Waals surface area (Å²) < 4.78 is 26.7. The fourth-order valence-electron chi connectivity index (χ4n) is 3.02. The lowest BCUT2D eigenvalue weighted by Gasteiger charge is -2.37.